The van der Waals surface area contributed by atoms with E-state index in [9.17, 15) is 20.0 Å². The van der Waals surface area contributed by atoms with Crippen molar-refractivity contribution in [2.75, 3.05) is 6.61 Å². The molecule has 0 saturated carbocycles. The summed E-state index contributed by atoms with van der Waals surface area (Å²) in [6, 6.07) is 5.06. The molecule has 1 aromatic rings. The molecule has 2 heterocycles. The Balaban J connectivity index is 1.71. The highest BCUT2D eigenvalue weighted by molar-refractivity contribution is 5.73. The van der Waals surface area contributed by atoms with Gasteiger partial charge < -0.3 is 29.4 Å². The number of nitro benzene ring substituents is 1. The number of aliphatic hydroxyl groups is 1. The van der Waals surface area contributed by atoms with E-state index in [-0.39, 0.29) is 24.8 Å². The third-order valence-corrected chi connectivity index (χ3v) is 4.62. The lowest BCUT2D eigenvalue weighted by Gasteiger charge is -2.49. The van der Waals surface area contributed by atoms with E-state index >= 15 is 0 Å². The molecule has 2 N–H and O–H groups in total. The molecule has 2 fully saturated rings. The van der Waals surface area contributed by atoms with Crippen LogP contribution < -0.4 is 5.32 Å². The normalized spacial score (nSPS) is 31.6. The van der Waals surface area contributed by atoms with E-state index in [2.05, 4.69) is 5.32 Å². The van der Waals surface area contributed by atoms with Gasteiger partial charge in [0.25, 0.3) is 5.69 Å². The standard InChI is InChI=1S/C18H24N2O8/c1-10(21)19-14-15(22)16-13(9-26-18(2,3)28-16)27-17(14)25-8-11-4-6-12(7-5-11)20(23)24/h4-7,13-17,22H,8-9H2,1-3H3,(H,19,21)/t13-,14+,15-,16-,17-/m0/s1. The first kappa shape index (κ1) is 20.6. The van der Waals surface area contributed by atoms with Gasteiger partial charge in [0.1, 0.15) is 24.4 Å². The average molecular weight is 396 g/mol. The van der Waals surface area contributed by atoms with Crippen LogP contribution in [0.2, 0.25) is 0 Å². The molecule has 2 aliphatic rings. The molecule has 0 radical (unpaired) electrons. The zero-order chi connectivity index (χ0) is 20.5. The predicted octanol–water partition coefficient (Wildman–Crippen LogP) is 0.853. The van der Waals surface area contributed by atoms with Gasteiger partial charge in [-0.15, -0.1) is 0 Å². The lowest BCUT2D eigenvalue weighted by atomic mass is 9.95. The fraction of sp³-hybridized carbons (Fsp3) is 0.611. The zero-order valence-corrected chi connectivity index (χ0v) is 15.9. The van der Waals surface area contributed by atoms with Crippen molar-refractivity contribution in [2.45, 2.75) is 63.8 Å². The maximum absolute atomic E-state index is 11.6. The van der Waals surface area contributed by atoms with Crippen LogP contribution in [0.5, 0.6) is 0 Å². The summed E-state index contributed by atoms with van der Waals surface area (Å²) in [4.78, 5) is 21.9. The largest absolute Gasteiger partial charge is 0.388 e. The van der Waals surface area contributed by atoms with Gasteiger partial charge in [0.2, 0.25) is 5.91 Å². The van der Waals surface area contributed by atoms with Gasteiger partial charge in [-0.05, 0) is 31.5 Å². The van der Waals surface area contributed by atoms with Gasteiger partial charge in [0, 0.05) is 19.1 Å². The molecular weight excluding hydrogens is 372 g/mol. The molecule has 0 aromatic heterocycles. The number of fused-ring (bicyclic) bond motifs is 1. The highest BCUT2D eigenvalue weighted by atomic mass is 16.8. The van der Waals surface area contributed by atoms with Gasteiger partial charge in [0.15, 0.2) is 12.1 Å². The molecule has 1 aromatic carbocycles. The molecule has 1 amide bonds. The van der Waals surface area contributed by atoms with Crippen molar-refractivity contribution in [3.05, 3.63) is 39.9 Å². The number of nitrogens with zero attached hydrogens (tertiary/aromatic N) is 1. The van der Waals surface area contributed by atoms with Gasteiger partial charge in [-0.2, -0.15) is 0 Å². The van der Waals surface area contributed by atoms with Crippen LogP contribution in [0.1, 0.15) is 26.3 Å². The summed E-state index contributed by atoms with van der Waals surface area (Å²) in [6.07, 6.45) is -3.24. The van der Waals surface area contributed by atoms with Crippen molar-refractivity contribution in [1.82, 2.24) is 5.32 Å². The Labute approximate surface area is 161 Å². The minimum Gasteiger partial charge on any atom is -0.388 e. The van der Waals surface area contributed by atoms with Gasteiger partial charge in [-0.25, -0.2) is 0 Å². The van der Waals surface area contributed by atoms with Crippen molar-refractivity contribution in [3.8, 4) is 0 Å². The number of hydrogen-bond donors (Lipinski definition) is 2. The number of ether oxygens (including phenoxy) is 4. The lowest BCUT2D eigenvalue weighted by Crippen LogP contribution is -2.68. The maximum Gasteiger partial charge on any atom is 0.269 e. The summed E-state index contributed by atoms with van der Waals surface area (Å²) < 4.78 is 23.0. The van der Waals surface area contributed by atoms with Crippen molar-refractivity contribution in [1.29, 1.82) is 0 Å². The molecule has 5 atom stereocenters. The van der Waals surface area contributed by atoms with Crippen molar-refractivity contribution in [2.24, 2.45) is 0 Å². The molecule has 0 bridgehead atoms. The van der Waals surface area contributed by atoms with E-state index in [1.807, 2.05) is 0 Å². The van der Waals surface area contributed by atoms with E-state index in [0.717, 1.165) is 0 Å². The SMILES string of the molecule is CC(=O)N[C@H]1[C@@H](OCc2ccc([N+](=O)[O-])cc2)O[C@H]2COC(C)(C)O[C@@H]2[C@H]1O. The first-order valence-electron chi connectivity index (χ1n) is 8.93. The van der Waals surface area contributed by atoms with Crippen LogP contribution in [0, 0.1) is 10.1 Å². The third kappa shape index (κ3) is 4.65. The number of rotatable bonds is 5. The van der Waals surface area contributed by atoms with Crippen LogP contribution >= 0.6 is 0 Å². The predicted molar refractivity (Wildman–Crippen MR) is 95.1 cm³/mol. The van der Waals surface area contributed by atoms with E-state index in [4.69, 9.17) is 18.9 Å². The summed E-state index contributed by atoms with van der Waals surface area (Å²) in [5.74, 6) is -1.22. The van der Waals surface area contributed by atoms with Gasteiger partial charge in [-0.3, -0.25) is 14.9 Å². The number of aliphatic hydroxyl groups excluding tert-OH is 1. The number of carbonyl (C=O) groups excluding carboxylic acids is 1. The van der Waals surface area contributed by atoms with Crippen molar-refractivity contribution >= 4 is 11.6 Å². The number of hydrogen-bond acceptors (Lipinski definition) is 8. The molecule has 0 unspecified atom stereocenters. The molecule has 3 rings (SSSR count). The van der Waals surface area contributed by atoms with Crippen molar-refractivity contribution < 1.29 is 33.8 Å². The quantitative estimate of drug-likeness (QED) is 0.554. The Hall–Kier alpha value is -2.11. The van der Waals surface area contributed by atoms with Crippen LogP contribution in [0.3, 0.4) is 0 Å². The molecule has 10 heteroatoms. The summed E-state index contributed by atoms with van der Waals surface area (Å²) in [5, 5.41) is 24.2. The number of nitro groups is 1. The van der Waals surface area contributed by atoms with Crippen LogP contribution in [-0.2, 0) is 30.3 Å². The molecule has 2 aliphatic heterocycles. The lowest BCUT2D eigenvalue weighted by molar-refractivity contribution is -0.384. The van der Waals surface area contributed by atoms with Crippen LogP contribution in [0.15, 0.2) is 24.3 Å². The second kappa shape index (κ2) is 8.10. The Morgan fingerprint density at radius 3 is 2.68 bits per heavy atom. The smallest absolute Gasteiger partial charge is 0.269 e. The Morgan fingerprint density at radius 2 is 2.07 bits per heavy atom. The van der Waals surface area contributed by atoms with Gasteiger partial charge >= 0.3 is 0 Å². The number of non-ortho nitro benzene ring substituents is 1. The average Bonchev–Trinajstić information content (AvgIpc) is 2.63. The van der Waals surface area contributed by atoms with Crippen LogP contribution in [0.4, 0.5) is 5.69 Å². The fourth-order valence-corrected chi connectivity index (χ4v) is 3.27. The highest BCUT2D eigenvalue weighted by Gasteiger charge is 2.51. The second-order valence-corrected chi connectivity index (χ2v) is 7.29. The summed E-state index contributed by atoms with van der Waals surface area (Å²) >= 11 is 0. The number of nitrogens with one attached hydrogen (secondary N) is 1. The summed E-state index contributed by atoms with van der Waals surface area (Å²) in [6.45, 7) is 5.09. The molecule has 0 aliphatic carbocycles. The van der Waals surface area contributed by atoms with Crippen molar-refractivity contribution in [3.63, 3.8) is 0 Å². The second-order valence-electron chi connectivity index (χ2n) is 7.29. The van der Waals surface area contributed by atoms with E-state index < -0.39 is 41.4 Å². The first-order valence-corrected chi connectivity index (χ1v) is 8.93. The summed E-state index contributed by atoms with van der Waals surface area (Å²) in [7, 11) is 0. The van der Waals surface area contributed by atoms with Crippen LogP contribution in [0.25, 0.3) is 0 Å². The van der Waals surface area contributed by atoms with E-state index in [1.165, 1.54) is 19.1 Å². The minimum atomic E-state index is -1.06. The highest BCUT2D eigenvalue weighted by Crippen LogP contribution is 2.33. The van der Waals surface area contributed by atoms with Gasteiger partial charge in [-0.1, -0.05) is 0 Å². The van der Waals surface area contributed by atoms with E-state index in [1.54, 1.807) is 26.0 Å². The van der Waals surface area contributed by atoms with Crippen LogP contribution in [-0.4, -0.2) is 59.0 Å². The monoisotopic (exact) mass is 396 g/mol. The number of benzene rings is 1. The Kier molecular flexibility index (Phi) is 5.96. The minimum absolute atomic E-state index is 0.0221. The first-order chi connectivity index (χ1) is 13.2. The Morgan fingerprint density at radius 1 is 1.39 bits per heavy atom. The molecule has 154 valence electrons. The number of amides is 1. The molecule has 2 saturated heterocycles. The molecule has 28 heavy (non-hydrogen) atoms. The third-order valence-electron chi connectivity index (χ3n) is 4.62. The zero-order valence-electron chi connectivity index (χ0n) is 15.9. The van der Waals surface area contributed by atoms with E-state index in [0.29, 0.717) is 5.56 Å². The molecule has 10 nitrogen and oxygen atoms in total. The molecular formula is C18H24N2O8. The topological polar surface area (TPSA) is 129 Å². The number of carbonyl (C=O) groups is 1. The summed E-state index contributed by atoms with van der Waals surface area (Å²) in [5.41, 5.74) is 0.663. The maximum atomic E-state index is 11.6. The molecule has 0 spiro atoms. The fourth-order valence-electron chi connectivity index (χ4n) is 3.27. The van der Waals surface area contributed by atoms with Gasteiger partial charge in [0.05, 0.1) is 18.1 Å². The Bertz CT molecular complexity index is 723.